The smallest absolute Gasteiger partial charge is 0.191 e. The quantitative estimate of drug-likeness (QED) is 0.432. The SMILES string of the molecule is CCCNC(=NCC1(c2ccccc2F)CC1)NCC.I. The third-order valence-corrected chi connectivity index (χ3v) is 3.73. The highest BCUT2D eigenvalue weighted by Crippen LogP contribution is 2.49. The zero-order valence-corrected chi connectivity index (χ0v) is 15.1. The first-order valence-electron chi connectivity index (χ1n) is 7.49. The molecule has 21 heavy (non-hydrogen) atoms. The van der Waals surface area contributed by atoms with Crippen molar-refractivity contribution in [1.82, 2.24) is 10.6 Å². The van der Waals surface area contributed by atoms with Gasteiger partial charge in [-0.3, -0.25) is 4.99 Å². The fraction of sp³-hybridized carbons (Fsp3) is 0.562. The van der Waals surface area contributed by atoms with Crippen molar-refractivity contribution in [3.63, 3.8) is 0 Å². The van der Waals surface area contributed by atoms with Gasteiger partial charge in [0.25, 0.3) is 0 Å². The Balaban J connectivity index is 0.00000220. The first kappa shape index (κ1) is 18.2. The lowest BCUT2D eigenvalue weighted by molar-refractivity contribution is 0.572. The molecule has 118 valence electrons. The van der Waals surface area contributed by atoms with E-state index >= 15 is 0 Å². The van der Waals surface area contributed by atoms with Crippen LogP contribution >= 0.6 is 24.0 Å². The van der Waals surface area contributed by atoms with Gasteiger partial charge < -0.3 is 10.6 Å². The molecule has 0 heterocycles. The Hall–Kier alpha value is -0.850. The van der Waals surface area contributed by atoms with Crippen molar-refractivity contribution >= 4 is 29.9 Å². The van der Waals surface area contributed by atoms with E-state index in [4.69, 9.17) is 0 Å². The van der Waals surface area contributed by atoms with E-state index in [1.54, 1.807) is 12.1 Å². The van der Waals surface area contributed by atoms with Crippen LogP contribution in [0.1, 0.15) is 38.7 Å². The van der Waals surface area contributed by atoms with Crippen LogP contribution in [-0.2, 0) is 5.41 Å². The van der Waals surface area contributed by atoms with Crippen molar-refractivity contribution in [2.24, 2.45) is 4.99 Å². The van der Waals surface area contributed by atoms with E-state index in [1.807, 2.05) is 19.1 Å². The van der Waals surface area contributed by atoms with Crippen LogP contribution in [0.15, 0.2) is 29.3 Å². The Morgan fingerprint density at radius 1 is 1.24 bits per heavy atom. The summed E-state index contributed by atoms with van der Waals surface area (Å²) in [4.78, 5) is 4.63. The molecule has 0 bridgehead atoms. The molecule has 1 aromatic carbocycles. The number of rotatable bonds is 6. The van der Waals surface area contributed by atoms with Gasteiger partial charge >= 0.3 is 0 Å². The van der Waals surface area contributed by atoms with Crippen LogP contribution in [-0.4, -0.2) is 25.6 Å². The lowest BCUT2D eigenvalue weighted by atomic mass is 9.95. The van der Waals surface area contributed by atoms with Crippen LogP contribution < -0.4 is 10.6 Å². The number of hydrogen-bond acceptors (Lipinski definition) is 1. The highest BCUT2D eigenvalue weighted by Gasteiger charge is 2.45. The summed E-state index contributed by atoms with van der Waals surface area (Å²) in [6, 6.07) is 7.08. The summed E-state index contributed by atoms with van der Waals surface area (Å²) in [5, 5.41) is 6.51. The molecule has 0 radical (unpaired) electrons. The van der Waals surface area contributed by atoms with Crippen molar-refractivity contribution in [3.05, 3.63) is 35.6 Å². The fourth-order valence-electron chi connectivity index (χ4n) is 2.37. The molecular weight excluding hydrogens is 380 g/mol. The van der Waals surface area contributed by atoms with Crippen LogP contribution in [0.3, 0.4) is 0 Å². The maximum atomic E-state index is 13.9. The van der Waals surface area contributed by atoms with Crippen LogP contribution in [0, 0.1) is 5.82 Å². The fourth-order valence-corrected chi connectivity index (χ4v) is 2.37. The number of nitrogens with one attached hydrogen (secondary N) is 2. The van der Waals surface area contributed by atoms with E-state index in [0.717, 1.165) is 43.9 Å². The highest BCUT2D eigenvalue weighted by molar-refractivity contribution is 14.0. The third kappa shape index (κ3) is 4.83. The van der Waals surface area contributed by atoms with Crippen molar-refractivity contribution in [2.45, 2.75) is 38.5 Å². The van der Waals surface area contributed by atoms with Gasteiger partial charge in [-0.25, -0.2) is 4.39 Å². The molecule has 0 atom stereocenters. The molecule has 0 spiro atoms. The number of halogens is 2. The summed E-state index contributed by atoms with van der Waals surface area (Å²) in [6.45, 7) is 6.55. The molecule has 0 amide bonds. The molecule has 0 aromatic heterocycles. The van der Waals surface area contributed by atoms with Gasteiger partial charge in [0.05, 0.1) is 6.54 Å². The first-order valence-corrected chi connectivity index (χ1v) is 7.49. The van der Waals surface area contributed by atoms with E-state index < -0.39 is 0 Å². The summed E-state index contributed by atoms with van der Waals surface area (Å²) in [6.07, 6.45) is 3.10. The highest BCUT2D eigenvalue weighted by atomic mass is 127. The average Bonchev–Trinajstić information content (AvgIpc) is 3.23. The molecule has 3 nitrogen and oxygen atoms in total. The molecule has 1 aliphatic carbocycles. The number of aliphatic imine (C=N–C) groups is 1. The van der Waals surface area contributed by atoms with E-state index in [0.29, 0.717) is 6.54 Å². The van der Waals surface area contributed by atoms with Gasteiger partial charge in [0.2, 0.25) is 0 Å². The van der Waals surface area contributed by atoms with Gasteiger partial charge in [-0.1, -0.05) is 25.1 Å². The van der Waals surface area contributed by atoms with Crippen LogP contribution in [0.2, 0.25) is 0 Å². The molecule has 1 aliphatic rings. The average molecular weight is 405 g/mol. The number of benzene rings is 1. The molecule has 1 fully saturated rings. The summed E-state index contributed by atoms with van der Waals surface area (Å²) >= 11 is 0. The molecular formula is C16H25FIN3. The van der Waals surface area contributed by atoms with Gasteiger partial charge in [-0.05, 0) is 37.8 Å². The molecule has 0 unspecified atom stereocenters. The topological polar surface area (TPSA) is 36.4 Å². The second-order valence-electron chi connectivity index (χ2n) is 5.38. The normalized spacial score (nSPS) is 16.0. The number of hydrogen-bond donors (Lipinski definition) is 2. The molecule has 2 rings (SSSR count). The van der Waals surface area contributed by atoms with Crippen molar-refractivity contribution in [3.8, 4) is 0 Å². The van der Waals surface area contributed by atoms with Crippen LogP contribution in [0.5, 0.6) is 0 Å². The van der Waals surface area contributed by atoms with Gasteiger partial charge in [0.15, 0.2) is 5.96 Å². The maximum absolute atomic E-state index is 13.9. The van der Waals surface area contributed by atoms with E-state index in [2.05, 4.69) is 22.5 Å². The van der Waals surface area contributed by atoms with Crippen LogP contribution in [0.25, 0.3) is 0 Å². The largest absolute Gasteiger partial charge is 0.357 e. The predicted molar refractivity (Wildman–Crippen MR) is 97.0 cm³/mol. The monoisotopic (exact) mass is 405 g/mol. The molecule has 5 heteroatoms. The Labute approximate surface area is 143 Å². The zero-order chi connectivity index (χ0) is 14.4. The second kappa shape index (κ2) is 8.56. The minimum atomic E-state index is -0.105. The summed E-state index contributed by atoms with van der Waals surface area (Å²) in [5.74, 6) is 0.726. The van der Waals surface area contributed by atoms with Gasteiger partial charge in [0, 0.05) is 18.5 Å². The Kier molecular flexibility index (Phi) is 7.42. The predicted octanol–water partition coefficient (Wildman–Crippen LogP) is 3.44. The minimum Gasteiger partial charge on any atom is -0.357 e. The molecule has 2 N–H and O–H groups in total. The van der Waals surface area contributed by atoms with Crippen molar-refractivity contribution in [2.75, 3.05) is 19.6 Å². The van der Waals surface area contributed by atoms with Crippen molar-refractivity contribution < 1.29 is 4.39 Å². The summed E-state index contributed by atoms with van der Waals surface area (Å²) < 4.78 is 13.9. The molecule has 0 saturated heterocycles. The lowest BCUT2D eigenvalue weighted by Crippen LogP contribution is -2.38. The molecule has 0 aliphatic heterocycles. The van der Waals surface area contributed by atoms with E-state index in [9.17, 15) is 4.39 Å². The number of guanidine groups is 1. The molecule has 1 saturated carbocycles. The second-order valence-corrected chi connectivity index (χ2v) is 5.38. The standard InChI is InChI=1S/C16H24FN3.HI/c1-3-11-19-15(18-4-2)20-12-16(9-10-16)13-7-5-6-8-14(13)17;/h5-8H,3-4,9-12H2,1-2H3,(H2,18,19,20);1H. The van der Waals surface area contributed by atoms with E-state index in [-0.39, 0.29) is 35.2 Å². The van der Waals surface area contributed by atoms with E-state index in [1.165, 1.54) is 0 Å². The Morgan fingerprint density at radius 3 is 2.52 bits per heavy atom. The van der Waals surface area contributed by atoms with Gasteiger partial charge in [-0.15, -0.1) is 24.0 Å². The summed E-state index contributed by atoms with van der Waals surface area (Å²) in [5.41, 5.74) is 0.731. The van der Waals surface area contributed by atoms with Gasteiger partial charge in [0.1, 0.15) is 5.82 Å². The summed E-state index contributed by atoms with van der Waals surface area (Å²) in [7, 11) is 0. The lowest BCUT2D eigenvalue weighted by Gasteiger charge is -2.16. The molecule has 1 aromatic rings. The first-order chi connectivity index (χ1) is 9.72. The Bertz CT molecular complexity index is 472. The third-order valence-electron chi connectivity index (χ3n) is 3.73. The zero-order valence-electron chi connectivity index (χ0n) is 12.8. The van der Waals surface area contributed by atoms with Gasteiger partial charge in [-0.2, -0.15) is 0 Å². The number of nitrogens with zero attached hydrogens (tertiary/aromatic N) is 1. The van der Waals surface area contributed by atoms with Crippen molar-refractivity contribution in [1.29, 1.82) is 0 Å². The Morgan fingerprint density at radius 2 is 1.95 bits per heavy atom. The van der Waals surface area contributed by atoms with Crippen LogP contribution in [0.4, 0.5) is 4.39 Å². The maximum Gasteiger partial charge on any atom is 0.191 e. The minimum absolute atomic E-state index is 0.